The summed E-state index contributed by atoms with van der Waals surface area (Å²) in [7, 11) is 0. The number of amides is 1. The lowest BCUT2D eigenvalue weighted by Gasteiger charge is -2.22. The average Bonchev–Trinajstić information content (AvgIpc) is 2.21. The lowest BCUT2D eigenvalue weighted by Crippen LogP contribution is -2.30. The summed E-state index contributed by atoms with van der Waals surface area (Å²) >= 11 is 0. The summed E-state index contributed by atoms with van der Waals surface area (Å²) < 4.78 is 0. The van der Waals surface area contributed by atoms with Gasteiger partial charge in [-0.2, -0.15) is 0 Å². The van der Waals surface area contributed by atoms with E-state index >= 15 is 0 Å². The third kappa shape index (κ3) is 5.61. The lowest BCUT2D eigenvalue weighted by molar-refractivity contribution is -0.109. The Morgan fingerprint density at radius 2 is 2.33 bits per heavy atom. The van der Waals surface area contributed by atoms with Crippen LogP contribution in [0.2, 0.25) is 0 Å². The molecule has 0 aromatic carbocycles. The predicted octanol–water partition coefficient (Wildman–Crippen LogP) is 0.636. The minimum absolute atomic E-state index is 0.430. The van der Waals surface area contributed by atoms with E-state index in [0.29, 0.717) is 31.0 Å². The first-order chi connectivity index (χ1) is 7.15. The quantitative estimate of drug-likeness (QED) is 0.350. The molecule has 5 nitrogen and oxygen atoms in total. The Bertz CT molecular complexity index is 260. The fourth-order valence-corrected chi connectivity index (χ4v) is 1.12. The highest BCUT2D eigenvalue weighted by atomic mass is 16.1. The van der Waals surface area contributed by atoms with Crippen molar-refractivity contribution >= 4 is 18.8 Å². The Morgan fingerprint density at radius 3 is 2.73 bits per heavy atom. The van der Waals surface area contributed by atoms with E-state index in [1.807, 2.05) is 11.8 Å². The van der Waals surface area contributed by atoms with E-state index in [-0.39, 0.29) is 0 Å². The van der Waals surface area contributed by atoms with Crippen LogP contribution < -0.4 is 5.32 Å². The molecule has 0 aliphatic rings. The Balaban J connectivity index is 4.40. The standard InChI is InChI=1S/C10H18N4O/c1-4-14(6-5-13-8-15)10(12-3)7-9(2)11/h7-8,11H,3-6H2,1-2H3,(H,13,15)/b10-7+,11-9?. The highest BCUT2D eigenvalue weighted by Crippen LogP contribution is 2.04. The van der Waals surface area contributed by atoms with Crippen LogP contribution in [-0.2, 0) is 4.79 Å². The molecule has 5 heteroatoms. The van der Waals surface area contributed by atoms with Gasteiger partial charge in [-0.05, 0) is 20.6 Å². The van der Waals surface area contributed by atoms with Crippen LogP contribution in [-0.4, -0.2) is 43.4 Å². The third-order valence-electron chi connectivity index (χ3n) is 1.82. The molecule has 1 amide bonds. The van der Waals surface area contributed by atoms with Crippen molar-refractivity contribution in [1.82, 2.24) is 10.2 Å². The molecule has 0 fully saturated rings. The van der Waals surface area contributed by atoms with Crippen LogP contribution in [0.5, 0.6) is 0 Å². The van der Waals surface area contributed by atoms with Crippen LogP contribution in [0.15, 0.2) is 16.9 Å². The maximum absolute atomic E-state index is 10.1. The molecule has 0 aromatic heterocycles. The molecule has 0 spiro atoms. The second-order valence-corrected chi connectivity index (χ2v) is 3.00. The van der Waals surface area contributed by atoms with Crippen LogP contribution in [0, 0.1) is 5.41 Å². The first-order valence-electron chi connectivity index (χ1n) is 4.81. The first kappa shape index (κ1) is 13.4. The lowest BCUT2D eigenvalue weighted by atomic mass is 10.3. The van der Waals surface area contributed by atoms with E-state index in [4.69, 9.17) is 5.41 Å². The van der Waals surface area contributed by atoms with Crippen molar-refractivity contribution in [2.45, 2.75) is 13.8 Å². The number of hydrogen-bond acceptors (Lipinski definition) is 4. The molecule has 0 aromatic rings. The Morgan fingerprint density at radius 1 is 1.67 bits per heavy atom. The van der Waals surface area contributed by atoms with Gasteiger partial charge in [-0.25, -0.2) is 4.99 Å². The molecular formula is C10H18N4O. The third-order valence-corrected chi connectivity index (χ3v) is 1.82. The van der Waals surface area contributed by atoms with Gasteiger partial charge in [0.05, 0.1) is 0 Å². The van der Waals surface area contributed by atoms with Crippen LogP contribution in [0.1, 0.15) is 13.8 Å². The number of rotatable bonds is 8. The van der Waals surface area contributed by atoms with E-state index < -0.39 is 0 Å². The van der Waals surface area contributed by atoms with Gasteiger partial charge in [0.25, 0.3) is 0 Å². The van der Waals surface area contributed by atoms with Crippen molar-refractivity contribution in [2.75, 3.05) is 19.6 Å². The van der Waals surface area contributed by atoms with Gasteiger partial charge < -0.3 is 15.6 Å². The van der Waals surface area contributed by atoms with Gasteiger partial charge >= 0.3 is 0 Å². The number of likely N-dealkylation sites (N-methyl/N-ethyl adjacent to an activating group) is 1. The van der Waals surface area contributed by atoms with Crippen molar-refractivity contribution in [3.63, 3.8) is 0 Å². The molecule has 0 aliphatic carbocycles. The molecule has 0 atom stereocenters. The van der Waals surface area contributed by atoms with Crippen molar-refractivity contribution in [2.24, 2.45) is 4.99 Å². The summed E-state index contributed by atoms with van der Waals surface area (Å²) in [6, 6.07) is 0. The number of nitrogens with one attached hydrogen (secondary N) is 2. The molecule has 0 aliphatic heterocycles. The van der Waals surface area contributed by atoms with Gasteiger partial charge in [0.1, 0.15) is 5.82 Å². The molecule has 0 heterocycles. The minimum Gasteiger partial charge on any atom is -0.357 e. The van der Waals surface area contributed by atoms with Crippen LogP contribution >= 0.6 is 0 Å². The molecular weight excluding hydrogens is 192 g/mol. The Hall–Kier alpha value is -1.65. The predicted molar refractivity (Wildman–Crippen MR) is 62.3 cm³/mol. The number of carbonyl (C=O) groups excluding carboxylic acids is 1. The van der Waals surface area contributed by atoms with Crippen molar-refractivity contribution in [3.8, 4) is 0 Å². The number of hydrogen-bond donors (Lipinski definition) is 2. The van der Waals surface area contributed by atoms with Gasteiger partial charge in [-0.3, -0.25) is 4.79 Å². The van der Waals surface area contributed by atoms with Crippen molar-refractivity contribution in [1.29, 1.82) is 5.41 Å². The number of carbonyl (C=O) groups is 1. The van der Waals surface area contributed by atoms with Gasteiger partial charge in [0.15, 0.2) is 0 Å². The van der Waals surface area contributed by atoms with Crippen LogP contribution in [0.4, 0.5) is 0 Å². The summed E-state index contributed by atoms with van der Waals surface area (Å²) in [6.45, 7) is 9.11. The average molecular weight is 210 g/mol. The normalized spacial score (nSPS) is 10.7. The maximum atomic E-state index is 10.1. The van der Waals surface area contributed by atoms with E-state index in [9.17, 15) is 4.79 Å². The number of aliphatic imine (C=N–C) groups is 1. The summed E-state index contributed by atoms with van der Waals surface area (Å²) in [5.41, 5.74) is 0.430. The summed E-state index contributed by atoms with van der Waals surface area (Å²) in [5, 5.41) is 9.93. The Kier molecular flexibility index (Phi) is 6.88. The second kappa shape index (κ2) is 7.73. The van der Waals surface area contributed by atoms with Gasteiger partial charge in [0, 0.05) is 31.4 Å². The maximum Gasteiger partial charge on any atom is 0.207 e. The zero-order valence-electron chi connectivity index (χ0n) is 9.29. The zero-order chi connectivity index (χ0) is 11.7. The molecule has 0 radical (unpaired) electrons. The van der Waals surface area contributed by atoms with Crippen molar-refractivity contribution in [3.05, 3.63) is 11.9 Å². The molecule has 15 heavy (non-hydrogen) atoms. The SMILES string of the molecule is C=N/C(=C\C(C)=N)N(CC)CCNC=O. The molecule has 0 saturated carbocycles. The van der Waals surface area contributed by atoms with E-state index in [2.05, 4.69) is 17.0 Å². The number of allylic oxidation sites excluding steroid dienone is 1. The fourth-order valence-electron chi connectivity index (χ4n) is 1.12. The molecule has 0 unspecified atom stereocenters. The number of nitrogens with zero attached hydrogens (tertiary/aromatic N) is 2. The van der Waals surface area contributed by atoms with E-state index in [0.717, 1.165) is 6.54 Å². The fraction of sp³-hybridized carbons (Fsp3) is 0.500. The Labute approximate surface area is 90.4 Å². The first-order valence-corrected chi connectivity index (χ1v) is 4.81. The molecule has 0 saturated heterocycles. The van der Waals surface area contributed by atoms with Gasteiger partial charge in [-0.1, -0.05) is 0 Å². The smallest absolute Gasteiger partial charge is 0.207 e. The molecule has 0 bridgehead atoms. The minimum atomic E-state index is 0.430. The van der Waals surface area contributed by atoms with Gasteiger partial charge in [-0.15, -0.1) is 0 Å². The van der Waals surface area contributed by atoms with E-state index in [1.165, 1.54) is 0 Å². The zero-order valence-corrected chi connectivity index (χ0v) is 9.29. The van der Waals surface area contributed by atoms with Gasteiger partial charge in [0.2, 0.25) is 6.41 Å². The summed E-state index contributed by atoms with van der Waals surface area (Å²) in [5.74, 6) is 0.665. The molecule has 2 N–H and O–H groups in total. The topological polar surface area (TPSA) is 68.6 Å². The summed E-state index contributed by atoms with van der Waals surface area (Å²) in [4.78, 5) is 15.9. The van der Waals surface area contributed by atoms with Crippen molar-refractivity contribution < 1.29 is 4.79 Å². The summed E-state index contributed by atoms with van der Waals surface area (Å²) in [6.07, 6.45) is 2.32. The molecule has 84 valence electrons. The van der Waals surface area contributed by atoms with Crippen LogP contribution in [0.3, 0.4) is 0 Å². The largest absolute Gasteiger partial charge is 0.357 e. The highest BCUT2D eigenvalue weighted by molar-refractivity contribution is 5.90. The molecule has 0 rings (SSSR count). The monoisotopic (exact) mass is 210 g/mol. The highest BCUT2D eigenvalue weighted by Gasteiger charge is 2.04. The van der Waals surface area contributed by atoms with Crippen LogP contribution in [0.25, 0.3) is 0 Å². The van der Waals surface area contributed by atoms with E-state index in [1.54, 1.807) is 13.0 Å². The second-order valence-electron chi connectivity index (χ2n) is 3.00.